The number of nitrogens with zero attached hydrogens (tertiary/aromatic N) is 1. The van der Waals surface area contributed by atoms with Crippen LogP contribution < -0.4 is 10.6 Å². The molecule has 2 rings (SSSR count). The van der Waals surface area contributed by atoms with Crippen molar-refractivity contribution in [3.8, 4) is 0 Å². The number of aliphatic hydroxyl groups excluding tert-OH is 1. The van der Waals surface area contributed by atoms with Gasteiger partial charge in [0.25, 0.3) is 5.69 Å². The molecule has 1 aliphatic rings. The van der Waals surface area contributed by atoms with Crippen LogP contribution in [-0.4, -0.2) is 29.1 Å². The Morgan fingerprint density at radius 2 is 2.25 bits per heavy atom. The van der Waals surface area contributed by atoms with Crippen LogP contribution in [0, 0.1) is 16.0 Å². The highest BCUT2D eigenvalue weighted by molar-refractivity contribution is 5.95. The summed E-state index contributed by atoms with van der Waals surface area (Å²) in [5.74, 6) is -0.119. The molecule has 1 aliphatic heterocycles. The third kappa shape index (κ3) is 3.05. The van der Waals surface area contributed by atoms with E-state index in [9.17, 15) is 14.9 Å². The van der Waals surface area contributed by atoms with Crippen LogP contribution in [0.15, 0.2) is 12.1 Å². The van der Waals surface area contributed by atoms with Gasteiger partial charge >= 0.3 is 0 Å². The molecule has 20 heavy (non-hydrogen) atoms. The Balaban J connectivity index is 2.30. The topological polar surface area (TPSA) is 104 Å². The summed E-state index contributed by atoms with van der Waals surface area (Å²) in [7, 11) is 0. The minimum Gasteiger partial charge on any atom is -0.396 e. The van der Waals surface area contributed by atoms with Crippen molar-refractivity contribution >= 4 is 23.0 Å². The highest BCUT2D eigenvalue weighted by Crippen LogP contribution is 2.34. The molecular formula is C13H17N3O4. The van der Waals surface area contributed by atoms with Crippen LogP contribution in [0.1, 0.15) is 18.9 Å². The quantitative estimate of drug-likeness (QED) is 0.560. The lowest BCUT2D eigenvalue weighted by molar-refractivity contribution is -0.383. The Labute approximate surface area is 116 Å². The molecule has 0 aromatic heterocycles. The van der Waals surface area contributed by atoms with Gasteiger partial charge in [-0.25, -0.2) is 0 Å². The molecule has 1 unspecified atom stereocenters. The second-order valence-electron chi connectivity index (χ2n) is 5.00. The van der Waals surface area contributed by atoms with Crippen molar-refractivity contribution in [2.75, 3.05) is 23.8 Å². The lowest BCUT2D eigenvalue weighted by Crippen LogP contribution is -2.20. The number of hydrogen-bond acceptors (Lipinski definition) is 5. The predicted octanol–water partition coefficient (Wildman–Crippen LogP) is 1.52. The van der Waals surface area contributed by atoms with Gasteiger partial charge in [0.1, 0.15) is 5.69 Å². The maximum absolute atomic E-state index is 11.3. The van der Waals surface area contributed by atoms with E-state index in [-0.39, 0.29) is 24.1 Å². The molecule has 0 saturated heterocycles. The molecule has 7 heteroatoms. The maximum Gasteiger partial charge on any atom is 0.294 e. The Morgan fingerprint density at radius 1 is 1.50 bits per heavy atom. The van der Waals surface area contributed by atoms with E-state index in [4.69, 9.17) is 5.11 Å². The Bertz CT molecular complexity index is 545. The van der Waals surface area contributed by atoms with Crippen LogP contribution in [-0.2, 0) is 11.2 Å². The van der Waals surface area contributed by atoms with Gasteiger partial charge in [-0.3, -0.25) is 14.9 Å². The number of carbonyl (C=O) groups excluding carboxylic acids is 1. The van der Waals surface area contributed by atoms with Gasteiger partial charge < -0.3 is 15.7 Å². The number of aryl methyl sites for hydroxylation is 1. The number of benzene rings is 1. The maximum atomic E-state index is 11.3. The predicted molar refractivity (Wildman–Crippen MR) is 74.8 cm³/mol. The first-order valence-corrected chi connectivity index (χ1v) is 6.47. The highest BCUT2D eigenvalue weighted by atomic mass is 16.6. The van der Waals surface area contributed by atoms with E-state index in [1.165, 1.54) is 6.07 Å². The zero-order chi connectivity index (χ0) is 14.7. The molecule has 1 heterocycles. The first kappa shape index (κ1) is 14.3. The van der Waals surface area contributed by atoms with Crippen molar-refractivity contribution in [3.63, 3.8) is 0 Å². The molecule has 1 atom stereocenters. The Morgan fingerprint density at radius 3 is 2.90 bits per heavy atom. The molecular weight excluding hydrogens is 262 g/mol. The number of amides is 1. The van der Waals surface area contributed by atoms with Gasteiger partial charge in [-0.15, -0.1) is 0 Å². The number of hydrogen-bond donors (Lipinski definition) is 3. The van der Waals surface area contributed by atoms with Gasteiger partial charge in [0.05, 0.1) is 10.6 Å². The summed E-state index contributed by atoms with van der Waals surface area (Å²) in [5, 5.41) is 25.7. The summed E-state index contributed by atoms with van der Waals surface area (Å²) in [5.41, 5.74) is 1.74. The number of anilines is 2. The van der Waals surface area contributed by atoms with E-state index in [2.05, 4.69) is 10.6 Å². The number of carbonyl (C=O) groups is 1. The van der Waals surface area contributed by atoms with E-state index in [1.54, 1.807) is 6.07 Å². The van der Waals surface area contributed by atoms with Crippen LogP contribution in [0.2, 0.25) is 0 Å². The first-order chi connectivity index (χ1) is 9.51. The van der Waals surface area contributed by atoms with Gasteiger partial charge in [-0.1, -0.05) is 6.92 Å². The summed E-state index contributed by atoms with van der Waals surface area (Å²) in [4.78, 5) is 21.9. The molecule has 0 saturated carbocycles. The van der Waals surface area contributed by atoms with E-state index >= 15 is 0 Å². The summed E-state index contributed by atoms with van der Waals surface area (Å²) < 4.78 is 0. The third-order valence-electron chi connectivity index (χ3n) is 3.27. The molecule has 0 aliphatic carbocycles. The number of fused-ring (bicyclic) bond motifs is 1. The third-order valence-corrected chi connectivity index (χ3v) is 3.27. The molecule has 0 bridgehead atoms. The number of aliphatic hydroxyl groups is 1. The molecule has 1 amide bonds. The Hall–Kier alpha value is -2.15. The van der Waals surface area contributed by atoms with E-state index < -0.39 is 4.92 Å². The van der Waals surface area contributed by atoms with Crippen LogP contribution in [0.5, 0.6) is 0 Å². The standard InChI is InChI=1S/C13H17N3O4/c1-8(7-17)6-14-11-4-9-2-3-13(18)15-10(9)5-12(11)16(19)20/h4-5,8,14,17H,2-3,6-7H2,1H3,(H,15,18). The summed E-state index contributed by atoms with van der Waals surface area (Å²) in [6.45, 7) is 2.31. The van der Waals surface area contributed by atoms with Crippen molar-refractivity contribution in [1.29, 1.82) is 0 Å². The average molecular weight is 279 g/mol. The lowest BCUT2D eigenvalue weighted by atomic mass is 10.0. The number of nitro groups is 1. The summed E-state index contributed by atoms with van der Waals surface area (Å²) in [6.07, 6.45) is 0.959. The van der Waals surface area contributed by atoms with E-state index in [1.807, 2.05) is 6.92 Å². The smallest absolute Gasteiger partial charge is 0.294 e. The van der Waals surface area contributed by atoms with Crippen LogP contribution in [0.3, 0.4) is 0 Å². The lowest BCUT2D eigenvalue weighted by Gasteiger charge is -2.19. The van der Waals surface area contributed by atoms with Crippen LogP contribution >= 0.6 is 0 Å². The molecule has 3 N–H and O–H groups in total. The van der Waals surface area contributed by atoms with Crippen LogP contribution in [0.25, 0.3) is 0 Å². The number of rotatable bonds is 5. The number of nitro benzene ring substituents is 1. The van der Waals surface area contributed by atoms with Gasteiger partial charge in [0, 0.05) is 25.6 Å². The minimum absolute atomic E-state index is 0.00494. The fraction of sp³-hybridized carbons (Fsp3) is 0.462. The number of nitrogens with one attached hydrogen (secondary N) is 2. The molecule has 0 fully saturated rings. The second-order valence-corrected chi connectivity index (χ2v) is 5.00. The second kappa shape index (κ2) is 5.87. The minimum atomic E-state index is -0.479. The SMILES string of the molecule is CC(CO)CNc1cc2c(cc1[N+](=O)[O-])NC(=O)CC2. The van der Waals surface area contributed by atoms with Gasteiger partial charge in [0.2, 0.25) is 5.91 Å². The average Bonchev–Trinajstić information content (AvgIpc) is 2.43. The van der Waals surface area contributed by atoms with E-state index in [0.717, 1.165) is 5.56 Å². The normalized spacial score (nSPS) is 15.2. The molecule has 7 nitrogen and oxygen atoms in total. The van der Waals surface area contributed by atoms with Crippen molar-refractivity contribution in [2.24, 2.45) is 5.92 Å². The van der Waals surface area contributed by atoms with Crippen LogP contribution in [0.4, 0.5) is 17.1 Å². The van der Waals surface area contributed by atoms with E-state index in [0.29, 0.717) is 30.8 Å². The fourth-order valence-electron chi connectivity index (χ4n) is 2.06. The zero-order valence-corrected chi connectivity index (χ0v) is 11.2. The molecule has 0 radical (unpaired) electrons. The van der Waals surface area contributed by atoms with Gasteiger partial charge in [0.15, 0.2) is 0 Å². The molecule has 1 aromatic rings. The van der Waals surface area contributed by atoms with Crippen molar-refractivity contribution < 1.29 is 14.8 Å². The molecule has 0 spiro atoms. The zero-order valence-electron chi connectivity index (χ0n) is 11.2. The fourth-order valence-corrected chi connectivity index (χ4v) is 2.06. The monoisotopic (exact) mass is 279 g/mol. The summed E-state index contributed by atoms with van der Waals surface area (Å²) >= 11 is 0. The van der Waals surface area contributed by atoms with Gasteiger partial charge in [-0.2, -0.15) is 0 Å². The first-order valence-electron chi connectivity index (χ1n) is 6.47. The highest BCUT2D eigenvalue weighted by Gasteiger charge is 2.22. The Kier molecular flexibility index (Phi) is 4.19. The molecule has 1 aromatic carbocycles. The van der Waals surface area contributed by atoms with Crippen molar-refractivity contribution in [2.45, 2.75) is 19.8 Å². The summed E-state index contributed by atoms with van der Waals surface area (Å²) in [6, 6.07) is 3.09. The largest absolute Gasteiger partial charge is 0.396 e. The van der Waals surface area contributed by atoms with Gasteiger partial charge in [-0.05, 0) is 24.0 Å². The van der Waals surface area contributed by atoms with Crippen molar-refractivity contribution in [1.82, 2.24) is 0 Å². The molecule has 108 valence electrons. The van der Waals surface area contributed by atoms with Crippen molar-refractivity contribution in [3.05, 3.63) is 27.8 Å².